The molecule has 1 saturated heterocycles. The number of piperidine rings is 1. The third kappa shape index (κ3) is 7.24. The van der Waals surface area contributed by atoms with Crippen molar-refractivity contribution in [3.63, 3.8) is 0 Å². The summed E-state index contributed by atoms with van der Waals surface area (Å²) in [4.78, 5) is 12.3. The van der Waals surface area contributed by atoms with Crippen LogP contribution in [0.5, 0.6) is 5.75 Å². The average Bonchev–Trinajstić information content (AvgIpc) is 2.69. The molecule has 2 aromatic carbocycles. The van der Waals surface area contributed by atoms with Gasteiger partial charge in [-0.3, -0.25) is 4.79 Å². The van der Waals surface area contributed by atoms with Crippen LogP contribution in [0.1, 0.15) is 31.2 Å². The Labute approximate surface area is 168 Å². The summed E-state index contributed by atoms with van der Waals surface area (Å²) in [5.41, 5.74) is 2.01. The maximum absolute atomic E-state index is 12.3. The Balaban J connectivity index is 0.00000261. The fraction of sp³-hybridized carbons (Fsp3) is 0.409. The van der Waals surface area contributed by atoms with Crippen LogP contribution in [-0.2, 0) is 11.2 Å². The van der Waals surface area contributed by atoms with Gasteiger partial charge in [0.1, 0.15) is 5.75 Å². The number of nitrogens with one attached hydrogen (secondary N) is 2. The zero-order chi connectivity index (χ0) is 18.0. The first-order valence-corrected chi connectivity index (χ1v) is 9.57. The van der Waals surface area contributed by atoms with E-state index in [1.807, 2.05) is 42.5 Å². The lowest BCUT2D eigenvalue weighted by molar-refractivity contribution is -0.116. The van der Waals surface area contributed by atoms with Crippen molar-refractivity contribution >= 4 is 24.0 Å². The van der Waals surface area contributed by atoms with E-state index < -0.39 is 0 Å². The first kappa shape index (κ1) is 21.3. The minimum Gasteiger partial charge on any atom is -0.491 e. The van der Waals surface area contributed by atoms with E-state index in [2.05, 4.69) is 22.8 Å². The maximum Gasteiger partial charge on any atom is 0.224 e. The van der Waals surface area contributed by atoms with Crippen LogP contribution in [0.4, 0.5) is 5.69 Å². The van der Waals surface area contributed by atoms with E-state index in [1.165, 1.54) is 18.4 Å². The highest BCUT2D eigenvalue weighted by molar-refractivity contribution is 5.92. The van der Waals surface area contributed by atoms with E-state index >= 15 is 0 Å². The van der Waals surface area contributed by atoms with Gasteiger partial charge in [0.05, 0.1) is 12.3 Å². The van der Waals surface area contributed by atoms with Crippen molar-refractivity contribution in [1.29, 1.82) is 0 Å². The SMILES string of the molecule is Cl.O=C(CCC1CCNCC1)Nc1ccccc1OCCc1ccccc1. The number of anilines is 1. The number of hydrogen-bond donors (Lipinski definition) is 2. The third-order valence-electron chi connectivity index (χ3n) is 4.89. The van der Waals surface area contributed by atoms with Gasteiger partial charge in [-0.1, -0.05) is 42.5 Å². The van der Waals surface area contributed by atoms with Crippen LogP contribution in [0.2, 0.25) is 0 Å². The largest absolute Gasteiger partial charge is 0.491 e. The van der Waals surface area contributed by atoms with Crippen molar-refractivity contribution in [3.8, 4) is 5.75 Å². The van der Waals surface area contributed by atoms with Crippen LogP contribution >= 0.6 is 12.4 Å². The predicted molar refractivity (Wildman–Crippen MR) is 113 cm³/mol. The molecule has 0 saturated carbocycles. The Morgan fingerprint density at radius 3 is 2.52 bits per heavy atom. The Morgan fingerprint density at radius 1 is 1.04 bits per heavy atom. The summed E-state index contributed by atoms with van der Waals surface area (Å²) in [7, 11) is 0. The van der Waals surface area contributed by atoms with E-state index in [9.17, 15) is 4.79 Å². The molecule has 1 aliphatic heterocycles. The van der Waals surface area contributed by atoms with Gasteiger partial charge in [-0.05, 0) is 56.0 Å². The number of carbonyl (C=O) groups is 1. The summed E-state index contributed by atoms with van der Waals surface area (Å²) < 4.78 is 5.91. The highest BCUT2D eigenvalue weighted by Gasteiger charge is 2.15. The number of amides is 1. The molecule has 146 valence electrons. The number of carbonyl (C=O) groups excluding carboxylic acids is 1. The first-order valence-electron chi connectivity index (χ1n) is 9.57. The molecule has 1 heterocycles. The second-order valence-corrected chi connectivity index (χ2v) is 6.86. The second kappa shape index (κ2) is 11.6. The van der Waals surface area contributed by atoms with E-state index in [0.29, 0.717) is 18.9 Å². The van der Waals surface area contributed by atoms with E-state index in [0.717, 1.165) is 37.4 Å². The Bertz CT molecular complexity index is 688. The third-order valence-corrected chi connectivity index (χ3v) is 4.89. The van der Waals surface area contributed by atoms with Crippen LogP contribution in [0.15, 0.2) is 54.6 Å². The zero-order valence-electron chi connectivity index (χ0n) is 15.7. The van der Waals surface area contributed by atoms with Gasteiger partial charge in [0.15, 0.2) is 0 Å². The van der Waals surface area contributed by atoms with Crippen molar-refractivity contribution in [1.82, 2.24) is 5.32 Å². The molecule has 2 N–H and O–H groups in total. The highest BCUT2D eigenvalue weighted by Crippen LogP contribution is 2.25. The number of benzene rings is 2. The normalized spacial score (nSPS) is 14.2. The van der Waals surface area contributed by atoms with Crippen molar-refractivity contribution in [2.45, 2.75) is 32.1 Å². The van der Waals surface area contributed by atoms with Crippen molar-refractivity contribution in [2.75, 3.05) is 25.0 Å². The molecule has 0 aromatic heterocycles. The molecule has 0 bridgehead atoms. The average molecular weight is 389 g/mol. The molecule has 1 amide bonds. The van der Waals surface area contributed by atoms with Crippen LogP contribution in [-0.4, -0.2) is 25.6 Å². The van der Waals surface area contributed by atoms with E-state index in [-0.39, 0.29) is 18.3 Å². The fourth-order valence-corrected chi connectivity index (χ4v) is 3.34. The minimum absolute atomic E-state index is 0. The lowest BCUT2D eigenvalue weighted by Gasteiger charge is -2.22. The molecule has 0 atom stereocenters. The Hall–Kier alpha value is -2.04. The smallest absolute Gasteiger partial charge is 0.224 e. The second-order valence-electron chi connectivity index (χ2n) is 6.86. The van der Waals surface area contributed by atoms with Gasteiger partial charge in [-0.2, -0.15) is 0 Å². The maximum atomic E-state index is 12.3. The molecule has 0 unspecified atom stereocenters. The molecule has 1 fully saturated rings. The minimum atomic E-state index is 0. The molecule has 27 heavy (non-hydrogen) atoms. The molecule has 0 aliphatic carbocycles. The van der Waals surface area contributed by atoms with Crippen LogP contribution in [0.3, 0.4) is 0 Å². The summed E-state index contributed by atoms with van der Waals surface area (Å²) >= 11 is 0. The van der Waals surface area contributed by atoms with Gasteiger partial charge < -0.3 is 15.4 Å². The Kier molecular flexibility index (Phi) is 9.16. The molecular weight excluding hydrogens is 360 g/mol. The molecule has 1 aliphatic rings. The summed E-state index contributed by atoms with van der Waals surface area (Å²) in [5, 5.41) is 6.38. The van der Waals surface area contributed by atoms with Crippen LogP contribution < -0.4 is 15.4 Å². The van der Waals surface area contributed by atoms with E-state index in [4.69, 9.17) is 4.74 Å². The number of rotatable bonds is 8. The number of para-hydroxylation sites is 2. The molecule has 0 radical (unpaired) electrons. The van der Waals surface area contributed by atoms with Gasteiger partial charge in [-0.15, -0.1) is 12.4 Å². The Morgan fingerprint density at radius 2 is 1.74 bits per heavy atom. The standard InChI is InChI=1S/C22H28N2O2.ClH/c25-22(11-10-19-12-15-23-16-13-19)24-20-8-4-5-9-21(20)26-17-14-18-6-2-1-3-7-18;/h1-9,19,23H,10-17H2,(H,24,25);1H. The van der Waals surface area contributed by atoms with Crippen molar-refractivity contribution in [2.24, 2.45) is 5.92 Å². The van der Waals surface area contributed by atoms with Crippen LogP contribution in [0.25, 0.3) is 0 Å². The summed E-state index contributed by atoms with van der Waals surface area (Å²) in [6, 6.07) is 17.9. The quantitative estimate of drug-likeness (QED) is 0.702. The topological polar surface area (TPSA) is 50.4 Å². The lowest BCUT2D eigenvalue weighted by Crippen LogP contribution is -2.28. The van der Waals surface area contributed by atoms with E-state index in [1.54, 1.807) is 0 Å². The molecule has 3 rings (SSSR count). The summed E-state index contributed by atoms with van der Waals surface area (Å²) in [6.45, 7) is 2.74. The van der Waals surface area contributed by atoms with Gasteiger partial charge in [0.25, 0.3) is 0 Å². The highest BCUT2D eigenvalue weighted by atomic mass is 35.5. The molecular formula is C22H29ClN2O2. The number of halogens is 1. The molecule has 4 nitrogen and oxygen atoms in total. The first-order chi connectivity index (χ1) is 12.8. The monoisotopic (exact) mass is 388 g/mol. The van der Waals surface area contributed by atoms with Crippen molar-refractivity contribution in [3.05, 3.63) is 60.2 Å². The molecule has 2 aromatic rings. The molecule has 0 spiro atoms. The van der Waals surface area contributed by atoms with Gasteiger partial charge in [0, 0.05) is 12.8 Å². The summed E-state index contributed by atoms with van der Waals surface area (Å²) in [5.74, 6) is 1.47. The number of hydrogen-bond acceptors (Lipinski definition) is 3. The van der Waals surface area contributed by atoms with Crippen LogP contribution in [0, 0.1) is 5.92 Å². The van der Waals surface area contributed by atoms with Gasteiger partial charge in [-0.25, -0.2) is 0 Å². The molecule has 5 heteroatoms. The predicted octanol–water partition coefficient (Wildman–Crippen LogP) is 4.45. The fourth-order valence-electron chi connectivity index (χ4n) is 3.34. The zero-order valence-corrected chi connectivity index (χ0v) is 16.5. The summed E-state index contributed by atoms with van der Waals surface area (Å²) in [6.07, 6.45) is 4.73. The lowest BCUT2D eigenvalue weighted by atomic mass is 9.93. The number of ether oxygens (including phenoxy) is 1. The van der Waals surface area contributed by atoms with Gasteiger partial charge >= 0.3 is 0 Å². The van der Waals surface area contributed by atoms with Gasteiger partial charge in [0.2, 0.25) is 5.91 Å². The van der Waals surface area contributed by atoms with Crippen molar-refractivity contribution < 1.29 is 9.53 Å².